The van der Waals surface area contributed by atoms with Crippen LogP contribution < -0.4 is 34.1 Å². The van der Waals surface area contributed by atoms with Gasteiger partial charge in [0.1, 0.15) is 28.7 Å². The van der Waals surface area contributed by atoms with Crippen LogP contribution in [0.1, 0.15) is 17.2 Å². The number of allylic oxidation sites excluding steroid dienone is 1. The Morgan fingerprint density at radius 1 is 0.657 bits per heavy atom. The Bertz CT molecular complexity index is 1220. The summed E-state index contributed by atoms with van der Waals surface area (Å²) < 4.78 is 27.3. The predicted octanol–water partition coefficient (Wildman–Crippen LogP) is 5.39. The van der Waals surface area contributed by atoms with Gasteiger partial charge in [0.15, 0.2) is 0 Å². The maximum absolute atomic E-state index is 5.71. The first kappa shape index (κ1) is 23.9. The molecule has 7 nitrogen and oxygen atoms in total. The van der Waals surface area contributed by atoms with Gasteiger partial charge in [0.05, 0.1) is 53.0 Å². The molecule has 0 spiro atoms. The maximum Gasteiger partial charge on any atom is 0.129 e. The minimum atomic E-state index is -0.123. The van der Waals surface area contributed by atoms with Crippen molar-refractivity contribution in [3.8, 4) is 28.7 Å². The van der Waals surface area contributed by atoms with Gasteiger partial charge in [0, 0.05) is 23.3 Å². The van der Waals surface area contributed by atoms with E-state index < -0.39 is 0 Å². The number of nitrogens with zero attached hydrogens (tertiary/aromatic N) is 1. The molecule has 7 heteroatoms. The average molecular weight is 475 g/mol. The number of hydrogen-bond acceptors (Lipinski definition) is 7. The van der Waals surface area contributed by atoms with Crippen LogP contribution in [0.4, 0.5) is 5.69 Å². The van der Waals surface area contributed by atoms with Crippen LogP contribution in [0.25, 0.3) is 6.08 Å². The maximum atomic E-state index is 5.71. The molecule has 1 aliphatic heterocycles. The zero-order valence-electron chi connectivity index (χ0n) is 20.6. The lowest BCUT2D eigenvalue weighted by Gasteiger charge is -2.28. The van der Waals surface area contributed by atoms with Crippen LogP contribution >= 0.6 is 0 Å². The number of methoxy groups -OCH3 is 5. The van der Waals surface area contributed by atoms with Crippen molar-refractivity contribution >= 4 is 11.8 Å². The zero-order valence-corrected chi connectivity index (χ0v) is 20.6. The molecule has 0 amide bonds. The standard InChI is InChI=1S/C28H30N2O5/c1-31-22-12-9-21(10-13-22)30-26(25-15-14-24(33-3)18-28(25)35-5)16-20(29-30)8-6-19-7-11-23(32-2)17-27(19)34-4/h6-18,26,29H,1-5H3. The first-order valence-electron chi connectivity index (χ1n) is 11.1. The van der Waals surface area contributed by atoms with E-state index in [1.54, 1.807) is 35.5 Å². The number of ether oxygens (including phenoxy) is 5. The van der Waals surface area contributed by atoms with Crippen molar-refractivity contribution in [1.82, 2.24) is 5.43 Å². The van der Waals surface area contributed by atoms with Gasteiger partial charge < -0.3 is 23.7 Å². The van der Waals surface area contributed by atoms with Crippen molar-refractivity contribution in [2.45, 2.75) is 6.04 Å². The lowest BCUT2D eigenvalue weighted by Crippen LogP contribution is -2.34. The molecule has 1 aliphatic rings. The Balaban J connectivity index is 1.70. The van der Waals surface area contributed by atoms with Gasteiger partial charge in [0.25, 0.3) is 0 Å². The third-order valence-electron chi connectivity index (χ3n) is 5.86. The van der Waals surface area contributed by atoms with E-state index >= 15 is 0 Å². The minimum Gasteiger partial charge on any atom is -0.497 e. The number of benzene rings is 3. The SMILES string of the molecule is COc1ccc(N2NC(C=Cc3ccc(OC)cc3OC)=CC2c2ccc(OC)cc2OC)cc1. The molecule has 182 valence electrons. The lowest BCUT2D eigenvalue weighted by atomic mass is 10.0. The minimum absolute atomic E-state index is 0.123. The van der Waals surface area contributed by atoms with Crippen LogP contribution in [-0.2, 0) is 0 Å². The Morgan fingerprint density at radius 3 is 1.89 bits per heavy atom. The third kappa shape index (κ3) is 5.14. The number of anilines is 1. The monoisotopic (exact) mass is 474 g/mol. The largest absolute Gasteiger partial charge is 0.497 e. The summed E-state index contributed by atoms with van der Waals surface area (Å²) in [5.74, 6) is 3.76. The molecule has 4 rings (SSSR count). The molecule has 0 saturated carbocycles. The second-order valence-electron chi connectivity index (χ2n) is 7.80. The van der Waals surface area contributed by atoms with Gasteiger partial charge in [-0.3, -0.25) is 10.4 Å². The fourth-order valence-electron chi connectivity index (χ4n) is 3.98. The normalized spacial score (nSPS) is 14.9. The zero-order chi connectivity index (χ0) is 24.8. The van der Waals surface area contributed by atoms with E-state index in [0.29, 0.717) is 0 Å². The van der Waals surface area contributed by atoms with Crippen LogP contribution in [0.2, 0.25) is 0 Å². The smallest absolute Gasteiger partial charge is 0.129 e. The van der Waals surface area contributed by atoms with Crippen molar-refractivity contribution < 1.29 is 23.7 Å². The fourth-order valence-corrected chi connectivity index (χ4v) is 3.98. The van der Waals surface area contributed by atoms with E-state index in [-0.39, 0.29) is 6.04 Å². The van der Waals surface area contributed by atoms with E-state index in [1.807, 2.05) is 72.8 Å². The predicted molar refractivity (Wildman–Crippen MR) is 138 cm³/mol. The molecule has 3 aromatic carbocycles. The third-order valence-corrected chi connectivity index (χ3v) is 5.86. The first-order valence-corrected chi connectivity index (χ1v) is 11.1. The molecule has 1 heterocycles. The average Bonchev–Trinajstić information content (AvgIpc) is 3.35. The van der Waals surface area contributed by atoms with Gasteiger partial charge in [0.2, 0.25) is 0 Å². The summed E-state index contributed by atoms with van der Waals surface area (Å²) in [6.45, 7) is 0. The van der Waals surface area contributed by atoms with E-state index in [2.05, 4.69) is 16.5 Å². The Labute approximate surface area is 206 Å². The van der Waals surface area contributed by atoms with Gasteiger partial charge in [-0.1, -0.05) is 0 Å². The summed E-state index contributed by atoms with van der Waals surface area (Å²) in [7, 11) is 8.26. The van der Waals surface area contributed by atoms with Crippen LogP contribution in [-0.4, -0.2) is 35.5 Å². The highest BCUT2D eigenvalue weighted by molar-refractivity contribution is 5.63. The van der Waals surface area contributed by atoms with Crippen LogP contribution in [0, 0.1) is 0 Å². The Hall–Kier alpha value is -4.26. The van der Waals surface area contributed by atoms with Gasteiger partial charge in [-0.2, -0.15) is 0 Å². The summed E-state index contributed by atoms with van der Waals surface area (Å²) in [5.41, 5.74) is 7.38. The molecule has 1 unspecified atom stereocenters. The second-order valence-corrected chi connectivity index (χ2v) is 7.80. The number of hydrazine groups is 1. The van der Waals surface area contributed by atoms with Crippen LogP contribution in [0.15, 0.2) is 78.5 Å². The molecule has 1 N–H and O–H groups in total. The van der Waals surface area contributed by atoms with Crippen molar-refractivity contribution in [3.05, 3.63) is 89.6 Å². The summed E-state index contributed by atoms with van der Waals surface area (Å²) in [4.78, 5) is 0. The highest BCUT2D eigenvalue weighted by Gasteiger charge is 2.28. The summed E-state index contributed by atoms with van der Waals surface area (Å²) in [5, 5.41) is 2.09. The molecule has 0 fully saturated rings. The van der Waals surface area contributed by atoms with Crippen LogP contribution in [0.3, 0.4) is 0 Å². The molecule has 0 radical (unpaired) electrons. The molecule has 3 aromatic rings. The summed E-state index contributed by atoms with van der Waals surface area (Å²) >= 11 is 0. The fraction of sp³-hybridized carbons (Fsp3) is 0.214. The Morgan fingerprint density at radius 2 is 1.26 bits per heavy atom. The quantitative estimate of drug-likeness (QED) is 0.446. The number of rotatable bonds is 9. The molecule has 0 bridgehead atoms. The van der Waals surface area contributed by atoms with Crippen molar-refractivity contribution in [2.24, 2.45) is 0 Å². The van der Waals surface area contributed by atoms with Crippen molar-refractivity contribution in [1.29, 1.82) is 0 Å². The lowest BCUT2D eigenvalue weighted by molar-refractivity contribution is 0.389. The van der Waals surface area contributed by atoms with Crippen molar-refractivity contribution in [2.75, 3.05) is 40.6 Å². The Kier molecular flexibility index (Phi) is 7.35. The topological polar surface area (TPSA) is 61.4 Å². The first-order chi connectivity index (χ1) is 17.1. The van der Waals surface area contributed by atoms with Gasteiger partial charge in [-0.05, 0) is 66.8 Å². The summed E-state index contributed by atoms with van der Waals surface area (Å²) in [6, 6.07) is 19.4. The summed E-state index contributed by atoms with van der Waals surface area (Å²) in [6.07, 6.45) is 6.19. The van der Waals surface area contributed by atoms with Crippen molar-refractivity contribution in [3.63, 3.8) is 0 Å². The van der Waals surface area contributed by atoms with E-state index in [0.717, 1.165) is 51.3 Å². The molecule has 0 saturated heterocycles. The van der Waals surface area contributed by atoms with Gasteiger partial charge in [-0.15, -0.1) is 0 Å². The number of nitrogens with one attached hydrogen (secondary N) is 1. The molecular weight excluding hydrogens is 444 g/mol. The highest BCUT2D eigenvalue weighted by Crippen LogP contribution is 2.39. The van der Waals surface area contributed by atoms with Gasteiger partial charge in [-0.25, -0.2) is 0 Å². The van der Waals surface area contributed by atoms with E-state index in [1.165, 1.54) is 0 Å². The molecule has 35 heavy (non-hydrogen) atoms. The highest BCUT2D eigenvalue weighted by atomic mass is 16.5. The number of hydrogen-bond donors (Lipinski definition) is 1. The van der Waals surface area contributed by atoms with E-state index in [9.17, 15) is 0 Å². The molecular formula is C28H30N2O5. The van der Waals surface area contributed by atoms with E-state index in [4.69, 9.17) is 23.7 Å². The second kappa shape index (κ2) is 10.8. The van der Waals surface area contributed by atoms with Crippen LogP contribution in [0.5, 0.6) is 28.7 Å². The molecule has 0 aromatic heterocycles. The molecule has 1 atom stereocenters. The molecule has 0 aliphatic carbocycles. The van der Waals surface area contributed by atoms with Gasteiger partial charge >= 0.3 is 0 Å².